The van der Waals surface area contributed by atoms with Crippen LogP contribution in [0.4, 0.5) is 13.2 Å². The Bertz CT molecular complexity index is 858. The molecular formula is C13H6BrF3O2S2. The maximum absolute atomic E-state index is 12.4. The molecule has 8 heteroatoms. The number of rotatable bonds is 2. The largest absolute Gasteiger partial charge is 0.508 e. The number of thiophene rings is 1. The summed E-state index contributed by atoms with van der Waals surface area (Å²) in [7, 11) is 0. The lowest BCUT2D eigenvalue weighted by Gasteiger charge is -2.08. The van der Waals surface area contributed by atoms with Gasteiger partial charge in [-0.15, -0.1) is 11.3 Å². The van der Waals surface area contributed by atoms with Crippen molar-refractivity contribution in [3.05, 3.63) is 40.9 Å². The van der Waals surface area contributed by atoms with Gasteiger partial charge < -0.3 is 4.18 Å². The molecule has 110 valence electrons. The fourth-order valence-corrected chi connectivity index (χ4v) is 4.11. The molecule has 0 spiro atoms. The van der Waals surface area contributed by atoms with Gasteiger partial charge in [0.25, 0.3) is 0 Å². The van der Waals surface area contributed by atoms with Crippen molar-refractivity contribution in [2.75, 3.05) is 0 Å². The molecule has 0 fully saturated rings. The van der Waals surface area contributed by atoms with Crippen molar-refractivity contribution in [3.8, 4) is 5.75 Å². The summed E-state index contributed by atoms with van der Waals surface area (Å²) in [6.45, 7) is 0. The summed E-state index contributed by atoms with van der Waals surface area (Å²) in [5.41, 5.74) is -4.91. The van der Waals surface area contributed by atoms with Gasteiger partial charge >= 0.3 is 16.6 Å². The summed E-state index contributed by atoms with van der Waals surface area (Å²) < 4.78 is 55.6. The molecule has 21 heavy (non-hydrogen) atoms. The van der Waals surface area contributed by atoms with E-state index in [1.54, 1.807) is 24.3 Å². The van der Waals surface area contributed by atoms with Crippen LogP contribution in [0, 0.1) is 0 Å². The quantitative estimate of drug-likeness (QED) is 0.583. The zero-order valence-electron chi connectivity index (χ0n) is 10.1. The molecule has 0 aliphatic rings. The number of benzene rings is 2. The summed E-state index contributed by atoms with van der Waals surface area (Å²) in [6.07, 6.45) is 0. The summed E-state index contributed by atoms with van der Waals surface area (Å²) in [5, 5.41) is 1.30. The first-order valence-electron chi connectivity index (χ1n) is 5.64. The summed E-state index contributed by atoms with van der Waals surface area (Å²) >= 11 is 1.46. The van der Waals surface area contributed by atoms with Crippen LogP contribution in [-0.2, 0) is 11.1 Å². The van der Waals surface area contributed by atoms with Crippen LogP contribution in [0.2, 0.25) is 0 Å². The van der Waals surface area contributed by atoms with Gasteiger partial charge in [-0.1, -0.05) is 18.2 Å². The molecule has 3 aromatic rings. The second-order valence-electron chi connectivity index (χ2n) is 4.11. The predicted molar refractivity (Wildman–Crippen MR) is 81.9 cm³/mol. The molecule has 1 atom stereocenters. The first kappa shape index (κ1) is 14.8. The molecule has 0 radical (unpaired) electrons. The summed E-state index contributed by atoms with van der Waals surface area (Å²) in [5.74, 6) is -0.0347. The summed E-state index contributed by atoms with van der Waals surface area (Å²) in [4.78, 5) is 0. The highest BCUT2D eigenvalue weighted by Crippen LogP contribution is 2.42. The maximum atomic E-state index is 12.4. The van der Waals surface area contributed by atoms with Gasteiger partial charge in [-0.25, -0.2) is 4.21 Å². The van der Waals surface area contributed by atoms with Gasteiger partial charge in [-0.2, -0.15) is 13.2 Å². The Morgan fingerprint density at radius 1 is 1.14 bits per heavy atom. The van der Waals surface area contributed by atoms with Crippen molar-refractivity contribution in [3.63, 3.8) is 0 Å². The van der Waals surface area contributed by atoms with Gasteiger partial charge in [-0.05, 0) is 34.1 Å². The molecular weight excluding hydrogens is 389 g/mol. The topological polar surface area (TPSA) is 26.3 Å². The molecule has 0 N–H and O–H groups in total. The van der Waals surface area contributed by atoms with E-state index in [2.05, 4.69) is 20.1 Å². The third-order valence-corrected chi connectivity index (χ3v) is 5.63. The lowest BCUT2D eigenvalue weighted by Crippen LogP contribution is -2.20. The van der Waals surface area contributed by atoms with Gasteiger partial charge in [0.1, 0.15) is 5.75 Å². The molecule has 0 bridgehead atoms. The van der Waals surface area contributed by atoms with E-state index in [9.17, 15) is 17.4 Å². The Morgan fingerprint density at radius 2 is 1.86 bits per heavy atom. The van der Waals surface area contributed by atoms with E-state index in [0.717, 1.165) is 19.3 Å². The smallest absolute Gasteiger partial charge is 0.393 e. The molecule has 1 aromatic heterocycles. The first-order valence-corrected chi connectivity index (χ1v) is 8.33. The molecule has 0 saturated heterocycles. The lowest BCUT2D eigenvalue weighted by molar-refractivity contribution is -0.0437. The van der Waals surface area contributed by atoms with Crippen LogP contribution in [0.3, 0.4) is 0 Å². The maximum Gasteiger partial charge on any atom is 0.508 e. The fourth-order valence-electron chi connectivity index (χ4n) is 1.98. The Labute approximate surface area is 132 Å². The zero-order chi connectivity index (χ0) is 15.2. The minimum Gasteiger partial charge on any atom is -0.393 e. The number of halogens is 4. The number of hydrogen-bond donors (Lipinski definition) is 0. The molecule has 0 amide bonds. The number of hydrogen-bond acceptors (Lipinski definition) is 3. The monoisotopic (exact) mass is 394 g/mol. The van der Waals surface area contributed by atoms with Crippen LogP contribution in [0.1, 0.15) is 0 Å². The normalized spacial score (nSPS) is 13.7. The van der Waals surface area contributed by atoms with Gasteiger partial charge in [0, 0.05) is 24.6 Å². The predicted octanol–water partition coefficient (Wildman–Crippen LogP) is 5.38. The highest BCUT2D eigenvalue weighted by atomic mass is 79.9. The van der Waals surface area contributed by atoms with E-state index < -0.39 is 16.6 Å². The Balaban J connectivity index is 2.22. The Kier molecular flexibility index (Phi) is 3.71. The zero-order valence-corrected chi connectivity index (χ0v) is 13.3. The molecule has 2 nitrogen and oxygen atoms in total. The van der Waals surface area contributed by atoms with E-state index in [1.807, 2.05) is 6.07 Å². The van der Waals surface area contributed by atoms with Gasteiger partial charge in [-0.3, -0.25) is 0 Å². The minimum absolute atomic E-state index is 0.0347. The minimum atomic E-state index is -4.91. The van der Waals surface area contributed by atoms with Crippen LogP contribution in [0.25, 0.3) is 20.2 Å². The molecule has 2 aromatic carbocycles. The van der Waals surface area contributed by atoms with Gasteiger partial charge in [0.15, 0.2) is 0 Å². The molecule has 0 aliphatic heterocycles. The van der Waals surface area contributed by atoms with Gasteiger partial charge in [0.2, 0.25) is 0 Å². The van der Waals surface area contributed by atoms with Crippen molar-refractivity contribution in [1.29, 1.82) is 0 Å². The summed E-state index contributed by atoms with van der Waals surface area (Å²) in [6, 6.07) is 10.2. The molecule has 0 aliphatic carbocycles. The van der Waals surface area contributed by atoms with Crippen molar-refractivity contribution in [1.82, 2.24) is 0 Å². The highest BCUT2D eigenvalue weighted by molar-refractivity contribution is 9.10. The molecule has 0 saturated carbocycles. The third-order valence-electron chi connectivity index (χ3n) is 2.79. The van der Waals surface area contributed by atoms with E-state index in [0.29, 0.717) is 5.39 Å². The lowest BCUT2D eigenvalue weighted by atomic mass is 10.1. The molecule has 1 heterocycles. The highest BCUT2D eigenvalue weighted by Gasteiger charge is 2.40. The first-order chi connectivity index (χ1) is 9.88. The standard InChI is InChI=1S/C13H6BrF3O2S2/c14-8-4-1-3-7-11-9(19-21(18)13(15,16)17)5-2-6-10(11)20-12(7)8/h1-6H. The van der Waals surface area contributed by atoms with E-state index in [1.165, 1.54) is 17.4 Å². The van der Waals surface area contributed by atoms with Crippen molar-refractivity contribution < 1.29 is 21.6 Å². The average Bonchev–Trinajstić information content (AvgIpc) is 2.79. The van der Waals surface area contributed by atoms with E-state index in [4.69, 9.17) is 0 Å². The number of fused-ring (bicyclic) bond motifs is 3. The second-order valence-corrected chi connectivity index (χ2v) is 7.12. The van der Waals surface area contributed by atoms with Crippen LogP contribution in [0.15, 0.2) is 40.9 Å². The number of alkyl halides is 3. The SMILES string of the molecule is O=S(Oc1cccc2sc3c(Br)cccc3c12)C(F)(F)F. The molecule has 1 unspecified atom stereocenters. The van der Waals surface area contributed by atoms with Crippen molar-refractivity contribution in [2.24, 2.45) is 0 Å². The fraction of sp³-hybridized carbons (Fsp3) is 0.0769. The van der Waals surface area contributed by atoms with E-state index in [-0.39, 0.29) is 5.75 Å². The van der Waals surface area contributed by atoms with Crippen LogP contribution in [0.5, 0.6) is 5.75 Å². The van der Waals surface area contributed by atoms with Crippen LogP contribution < -0.4 is 4.18 Å². The second kappa shape index (κ2) is 5.26. The average molecular weight is 395 g/mol. The van der Waals surface area contributed by atoms with Crippen LogP contribution in [-0.4, -0.2) is 9.72 Å². The Hall–Kier alpha value is -1.12. The molecule has 3 rings (SSSR count). The van der Waals surface area contributed by atoms with E-state index >= 15 is 0 Å². The Morgan fingerprint density at radius 3 is 2.57 bits per heavy atom. The van der Waals surface area contributed by atoms with Gasteiger partial charge in [0.05, 0.1) is 0 Å². The third kappa shape index (κ3) is 2.67. The van der Waals surface area contributed by atoms with Crippen molar-refractivity contribution >= 4 is 58.5 Å². The van der Waals surface area contributed by atoms with Crippen LogP contribution >= 0.6 is 27.3 Å². The van der Waals surface area contributed by atoms with Crippen molar-refractivity contribution in [2.45, 2.75) is 5.51 Å².